The lowest BCUT2D eigenvalue weighted by atomic mass is 9.76. The predicted molar refractivity (Wildman–Crippen MR) is 54.7 cm³/mol. The molecule has 1 atom stereocenters. The van der Waals surface area contributed by atoms with Crippen LogP contribution in [0, 0.1) is 11.3 Å². The molecule has 78 valence electrons. The molecule has 0 unspecified atom stereocenters. The molecule has 0 rings (SSSR count). The van der Waals surface area contributed by atoms with E-state index in [4.69, 9.17) is 5.11 Å². The highest BCUT2D eigenvalue weighted by Crippen LogP contribution is 2.32. The molecule has 0 radical (unpaired) electrons. The van der Waals surface area contributed by atoms with E-state index in [-0.39, 0.29) is 5.41 Å². The molecule has 0 spiro atoms. The summed E-state index contributed by atoms with van der Waals surface area (Å²) in [6, 6.07) is 0. The molecule has 0 saturated carbocycles. The van der Waals surface area contributed by atoms with Gasteiger partial charge in [0.25, 0.3) is 0 Å². The Balaban J connectivity index is 4.11. The van der Waals surface area contributed by atoms with Crippen molar-refractivity contribution in [2.75, 3.05) is 0 Å². The Morgan fingerprint density at radius 3 is 2.23 bits per heavy atom. The lowest BCUT2D eigenvalue weighted by Crippen LogP contribution is -2.23. The lowest BCUT2D eigenvalue weighted by molar-refractivity contribution is -0.139. The van der Waals surface area contributed by atoms with Gasteiger partial charge >= 0.3 is 5.97 Å². The predicted octanol–water partition coefficient (Wildman–Crippen LogP) is 3.31. The van der Waals surface area contributed by atoms with E-state index in [1.807, 2.05) is 0 Å². The van der Waals surface area contributed by atoms with Crippen LogP contribution in [0.1, 0.15) is 53.4 Å². The van der Waals surface area contributed by atoms with Gasteiger partial charge < -0.3 is 5.11 Å². The van der Waals surface area contributed by atoms with Crippen LogP contribution in [0.3, 0.4) is 0 Å². The Kier molecular flexibility index (Phi) is 5.04. The second-order valence-corrected chi connectivity index (χ2v) is 4.80. The van der Waals surface area contributed by atoms with E-state index in [1.165, 1.54) is 0 Å². The first-order valence-electron chi connectivity index (χ1n) is 5.09. The van der Waals surface area contributed by atoms with E-state index >= 15 is 0 Å². The van der Waals surface area contributed by atoms with Crippen molar-refractivity contribution in [3.63, 3.8) is 0 Å². The highest BCUT2D eigenvalue weighted by atomic mass is 16.4. The first-order chi connectivity index (χ1) is 5.88. The number of aliphatic carboxylic acids is 1. The second kappa shape index (κ2) is 5.25. The molecule has 1 N–H and O–H groups in total. The molecule has 0 heterocycles. The summed E-state index contributed by atoms with van der Waals surface area (Å²) in [5.74, 6) is -0.360. The zero-order chi connectivity index (χ0) is 10.5. The first kappa shape index (κ1) is 12.5. The fourth-order valence-electron chi connectivity index (χ4n) is 1.50. The van der Waals surface area contributed by atoms with Crippen molar-refractivity contribution >= 4 is 5.97 Å². The molecule has 0 aromatic carbocycles. The quantitative estimate of drug-likeness (QED) is 0.715. The molecule has 0 aliphatic heterocycles. The van der Waals surface area contributed by atoms with Crippen LogP contribution < -0.4 is 0 Å². The standard InChI is InChI=1S/C11H22O2/c1-5-6-7-9(8-10(12)13)11(2,3)4/h9H,5-8H2,1-4H3,(H,12,13)/t9-/m1/s1. The summed E-state index contributed by atoms with van der Waals surface area (Å²) in [7, 11) is 0. The summed E-state index contributed by atoms with van der Waals surface area (Å²) >= 11 is 0. The van der Waals surface area contributed by atoms with Gasteiger partial charge in [0.15, 0.2) is 0 Å². The van der Waals surface area contributed by atoms with Crippen LogP contribution in [0.2, 0.25) is 0 Å². The second-order valence-electron chi connectivity index (χ2n) is 4.80. The summed E-state index contributed by atoms with van der Waals surface area (Å²) in [6.45, 7) is 8.50. The van der Waals surface area contributed by atoms with Gasteiger partial charge in [-0.25, -0.2) is 0 Å². The molecular weight excluding hydrogens is 164 g/mol. The van der Waals surface area contributed by atoms with Gasteiger partial charge in [-0.15, -0.1) is 0 Å². The molecule has 0 aromatic heterocycles. The van der Waals surface area contributed by atoms with Crippen LogP contribution in [0.4, 0.5) is 0 Å². The number of carboxylic acids is 1. The monoisotopic (exact) mass is 186 g/mol. The smallest absolute Gasteiger partial charge is 0.303 e. The van der Waals surface area contributed by atoms with Gasteiger partial charge in [0.05, 0.1) is 0 Å². The highest BCUT2D eigenvalue weighted by molar-refractivity contribution is 5.67. The fraction of sp³-hybridized carbons (Fsp3) is 0.909. The molecule has 2 nitrogen and oxygen atoms in total. The van der Waals surface area contributed by atoms with Crippen molar-refractivity contribution < 1.29 is 9.90 Å². The van der Waals surface area contributed by atoms with Crippen molar-refractivity contribution in [1.82, 2.24) is 0 Å². The van der Waals surface area contributed by atoms with Gasteiger partial charge in [0.1, 0.15) is 0 Å². The molecule has 0 fully saturated rings. The van der Waals surface area contributed by atoms with E-state index in [0.717, 1.165) is 19.3 Å². The van der Waals surface area contributed by atoms with Gasteiger partial charge in [-0.2, -0.15) is 0 Å². The SMILES string of the molecule is CCCC[C@H](CC(=O)O)C(C)(C)C. The largest absolute Gasteiger partial charge is 0.481 e. The van der Waals surface area contributed by atoms with Gasteiger partial charge in [0.2, 0.25) is 0 Å². The number of carbonyl (C=O) groups is 1. The van der Waals surface area contributed by atoms with Crippen LogP contribution in [-0.4, -0.2) is 11.1 Å². The maximum Gasteiger partial charge on any atom is 0.303 e. The Morgan fingerprint density at radius 2 is 1.92 bits per heavy atom. The zero-order valence-corrected chi connectivity index (χ0v) is 9.26. The summed E-state index contributed by atoms with van der Waals surface area (Å²) < 4.78 is 0. The molecular formula is C11H22O2. The fourth-order valence-corrected chi connectivity index (χ4v) is 1.50. The van der Waals surface area contributed by atoms with Crippen molar-refractivity contribution in [1.29, 1.82) is 0 Å². The average molecular weight is 186 g/mol. The Morgan fingerprint density at radius 1 is 1.38 bits per heavy atom. The van der Waals surface area contributed by atoms with Crippen LogP contribution in [0.5, 0.6) is 0 Å². The Hall–Kier alpha value is -0.530. The van der Waals surface area contributed by atoms with Crippen LogP contribution >= 0.6 is 0 Å². The van der Waals surface area contributed by atoms with Gasteiger partial charge in [0, 0.05) is 6.42 Å². The molecule has 0 aromatic rings. The van der Waals surface area contributed by atoms with E-state index in [2.05, 4.69) is 27.7 Å². The van der Waals surface area contributed by atoms with Crippen LogP contribution in [0.15, 0.2) is 0 Å². The summed E-state index contributed by atoms with van der Waals surface area (Å²) in [4.78, 5) is 10.6. The van der Waals surface area contributed by atoms with Crippen molar-refractivity contribution in [2.45, 2.75) is 53.4 Å². The van der Waals surface area contributed by atoms with E-state index in [1.54, 1.807) is 0 Å². The third kappa shape index (κ3) is 5.67. The third-order valence-electron chi connectivity index (χ3n) is 2.55. The third-order valence-corrected chi connectivity index (χ3v) is 2.55. The number of carboxylic acid groups (broad SMARTS) is 1. The van der Waals surface area contributed by atoms with Crippen LogP contribution in [-0.2, 0) is 4.79 Å². The summed E-state index contributed by atoms with van der Waals surface area (Å²) in [5, 5.41) is 8.75. The maximum atomic E-state index is 10.6. The number of hydrogen-bond acceptors (Lipinski definition) is 1. The molecule has 0 aliphatic carbocycles. The molecule has 0 amide bonds. The summed E-state index contributed by atoms with van der Waals surface area (Å²) in [6.07, 6.45) is 3.62. The number of hydrogen-bond donors (Lipinski definition) is 1. The maximum absolute atomic E-state index is 10.6. The van der Waals surface area contributed by atoms with Crippen molar-refractivity contribution in [2.24, 2.45) is 11.3 Å². The van der Waals surface area contributed by atoms with Gasteiger partial charge in [-0.05, 0) is 17.8 Å². The first-order valence-corrected chi connectivity index (χ1v) is 5.09. The number of rotatable bonds is 5. The lowest BCUT2D eigenvalue weighted by Gasteiger charge is -2.29. The van der Waals surface area contributed by atoms with E-state index in [9.17, 15) is 4.79 Å². The number of unbranched alkanes of at least 4 members (excludes halogenated alkanes) is 1. The van der Waals surface area contributed by atoms with Crippen molar-refractivity contribution in [3.8, 4) is 0 Å². The van der Waals surface area contributed by atoms with E-state index < -0.39 is 5.97 Å². The minimum atomic E-state index is -0.670. The minimum Gasteiger partial charge on any atom is -0.481 e. The summed E-state index contributed by atoms with van der Waals surface area (Å²) in [5.41, 5.74) is 0.119. The van der Waals surface area contributed by atoms with Crippen LogP contribution in [0.25, 0.3) is 0 Å². The average Bonchev–Trinajstić information content (AvgIpc) is 1.95. The Bertz CT molecular complexity index is 156. The zero-order valence-electron chi connectivity index (χ0n) is 9.26. The van der Waals surface area contributed by atoms with Crippen molar-refractivity contribution in [3.05, 3.63) is 0 Å². The molecule has 13 heavy (non-hydrogen) atoms. The normalized spacial score (nSPS) is 14.2. The highest BCUT2D eigenvalue weighted by Gasteiger charge is 2.25. The molecule has 0 saturated heterocycles. The molecule has 0 aliphatic rings. The Labute approximate surface area is 81.3 Å². The minimum absolute atomic E-state index is 0.119. The molecule has 2 heteroatoms. The van der Waals surface area contributed by atoms with Gasteiger partial charge in [-0.3, -0.25) is 4.79 Å². The van der Waals surface area contributed by atoms with E-state index in [0.29, 0.717) is 12.3 Å². The van der Waals surface area contributed by atoms with Gasteiger partial charge in [-0.1, -0.05) is 40.5 Å². The molecule has 0 bridgehead atoms. The topological polar surface area (TPSA) is 37.3 Å².